The molecule has 0 saturated heterocycles. The van der Waals surface area contributed by atoms with Crippen molar-refractivity contribution in [2.75, 3.05) is 17.2 Å². The van der Waals surface area contributed by atoms with Crippen LogP contribution in [0.2, 0.25) is 0 Å². The number of benzene rings is 1. The fraction of sp³-hybridized carbons (Fsp3) is 0.333. The highest BCUT2D eigenvalue weighted by molar-refractivity contribution is 7.16. The maximum absolute atomic E-state index is 13.3. The number of hydrogen-bond acceptors (Lipinski definition) is 6. The number of ether oxygens (including phenoxy) is 1. The van der Waals surface area contributed by atoms with Crippen LogP contribution in [0.15, 0.2) is 41.8 Å². The summed E-state index contributed by atoms with van der Waals surface area (Å²) in [5.41, 5.74) is 3.07. The van der Waals surface area contributed by atoms with Gasteiger partial charge in [0.25, 0.3) is 5.91 Å². The molecule has 1 atom stereocenters. The second kappa shape index (κ2) is 9.66. The summed E-state index contributed by atoms with van der Waals surface area (Å²) in [5.74, 6) is 0.175. The normalized spacial score (nSPS) is 15.2. The molecule has 1 aliphatic rings. The molecule has 2 heterocycles. The second-order valence-electron chi connectivity index (χ2n) is 7.74. The third-order valence-electron chi connectivity index (χ3n) is 5.40. The van der Waals surface area contributed by atoms with Gasteiger partial charge in [0, 0.05) is 15.4 Å². The molecule has 1 unspecified atom stereocenters. The number of thiophene rings is 2. The average Bonchev–Trinajstić information content (AvgIpc) is 3.40. The van der Waals surface area contributed by atoms with Crippen LogP contribution in [-0.2, 0) is 24.1 Å². The molecular formula is C24H26N2O3S2. The van der Waals surface area contributed by atoms with Gasteiger partial charge in [0.2, 0.25) is 0 Å². The van der Waals surface area contributed by atoms with Crippen molar-refractivity contribution in [3.8, 4) is 0 Å². The number of fused-ring (bicyclic) bond motifs is 1. The lowest BCUT2D eigenvalue weighted by molar-refractivity contribution is 0.0526. The lowest BCUT2D eigenvalue weighted by Gasteiger charge is -2.18. The largest absolute Gasteiger partial charge is 0.462 e. The molecule has 1 aliphatic carbocycles. The van der Waals surface area contributed by atoms with Crippen LogP contribution in [0.3, 0.4) is 0 Å². The Bertz CT molecular complexity index is 1060. The smallest absolute Gasteiger partial charge is 0.338 e. The van der Waals surface area contributed by atoms with Gasteiger partial charge in [0.15, 0.2) is 0 Å². The lowest BCUT2D eigenvalue weighted by Crippen LogP contribution is -2.18. The zero-order valence-corrected chi connectivity index (χ0v) is 19.3. The molecule has 2 aromatic heterocycles. The van der Waals surface area contributed by atoms with Gasteiger partial charge in [-0.25, -0.2) is 4.79 Å². The molecule has 3 aromatic rings. The summed E-state index contributed by atoms with van der Waals surface area (Å²) in [7, 11) is 0. The van der Waals surface area contributed by atoms with Crippen molar-refractivity contribution < 1.29 is 14.3 Å². The first-order valence-corrected chi connectivity index (χ1v) is 12.2. The van der Waals surface area contributed by atoms with E-state index in [0.29, 0.717) is 30.3 Å². The minimum atomic E-state index is -0.360. The van der Waals surface area contributed by atoms with E-state index < -0.39 is 0 Å². The van der Waals surface area contributed by atoms with E-state index in [2.05, 4.69) is 29.0 Å². The number of esters is 1. The highest BCUT2D eigenvalue weighted by atomic mass is 32.1. The second-order valence-corrected chi connectivity index (χ2v) is 9.88. The van der Waals surface area contributed by atoms with Crippen molar-refractivity contribution in [1.29, 1.82) is 0 Å². The monoisotopic (exact) mass is 454 g/mol. The molecule has 4 rings (SSSR count). The zero-order valence-electron chi connectivity index (χ0n) is 17.7. The first-order valence-electron chi connectivity index (χ1n) is 10.5. The fourth-order valence-electron chi connectivity index (χ4n) is 3.79. The number of carbonyl (C=O) groups is 2. The Morgan fingerprint density at radius 1 is 1.19 bits per heavy atom. The van der Waals surface area contributed by atoms with Crippen LogP contribution < -0.4 is 10.6 Å². The highest BCUT2D eigenvalue weighted by Gasteiger charge is 2.27. The molecule has 1 aromatic carbocycles. The van der Waals surface area contributed by atoms with E-state index in [1.165, 1.54) is 15.3 Å². The number of anilines is 2. The van der Waals surface area contributed by atoms with Gasteiger partial charge >= 0.3 is 5.97 Å². The molecule has 2 N–H and O–H groups in total. The van der Waals surface area contributed by atoms with Gasteiger partial charge in [-0.15, -0.1) is 22.7 Å². The van der Waals surface area contributed by atoms with E-state index in [1.807, 2.05) is 6.07 Å². The molecule has 5 nitrogen and oxygen atoms in total. The summed E-state index contributed by atoms with van der Waals surface area (Å²) in [6.07, 6.45) is 3.05. The van der Waals surface area contributed by atoms with Gasteiger partial charge in [0.05, 0.1) is 24.3 Å². The number of rotatable bonds is 7. The van der Waals surface area contributed by atoms with Crippen LogP contribution in [-0.4, -0.2) is 18.5 Å². The van der Waals surface area contributed by atoms with Gasteiger partial charge in [0.1, 0.15) is 5.00 Å². The summed E-state index contributed by atoms with van der Waals surface area (Å²) in [4.78, 5) is 27.7. The van der Waals surface area contributed by atoms with Crippen LogP contribution >= 0.6 is 22.7 Å². The van der Waals surface area contributed by atoms with Crippen LogP contribution in [0.4, 0.5) is 10.7 Å². The van der Waals surface area contributed by atoms with E-state index in [1.54, 1.807) is 53.9 Å². The predicted molar refractivity (Wildman–Crippen MR) is 128 cm³/mol. The number of amides is 1. The molecule has 0 aliphatic heterocycles. The van der Waals surface area contributed by atoms with Crippen LogP contribution in [0.1, 0.15) is 56.3 Å². The Kier molecular flexibility index (Phi) is 6.73. The van der Waals surface area contributed by atoms with E-state index in [9.17, 15) is 9.59 Å². The maximum atomic E-state index is 13.3. The van der Waals surface area contributed by atoms with Crippen molar-refractivity contribution in [2.24, 2.45) is 5.92 Å². The van der Waals surface area contributed by atoms with Crippen LogP contribution in [0.5, 0.6) is 0 Å². The molecule has 162 valence electrons. The Morgan fingerprint density at radius 3 is 2.71 bits per heavy atom. The third-order valence-corrected chi connectivity index (χ3v) is 7.48. The Hall–Kier alpha value is -2.64. The first-order chi connectivity index (χ1) is 15.0. The van der Waals surface area contributed by atoms with Crippen molar-refractivity contribution in [3.05, 3.63) is 68.2 Å². The van der Waals surface area contributed by atoms with E-state index >= 15 is 0 Å². The maximum Gasteiger partial charge on any atom is 0.338 e. The highest BCUT2D eigenvalue weighted by Crippen LogP contribution is 2.40. The van der Waals surface area contributed by atoms with E-state index in [-0.39, 0.29) is 11.9 Å². The lowest BCUT2D eigenvalue weighted by atomic mass is 9.88. The first kappa shape index (κ1) is 21.6. The summed E-state index contributed by atoms with van der Waals surface area (Å²) in [5, 5.41) is 9.51. The third kappa shape index (κ3) is 4.99. The van der Waals surface area contributed by atoms with Crippen molar-refractivity contribution in [1.82, 2.24) is 0 Å². The fourth-order valence-corrected chi connectivity index (χ4v) is 5.84. The van der Waals surface area contributed by atoms with Crippen LogP contribution in [0.25, 0.3) is 0 Å². The molecule has 1 amide bonds. The quantitative estimate of drug-likeness (QED) is 0.431. The summed E-state index contributed by atoms with van der Waals surface area (Å²) < 4.78 is 5.02. The molecule has 0 saturated carbocycles. The number of hydrogen-bond donors (Lipinski definition) is 2. The molecule has 0 bridgehead atoms. The summed E-state index contributed by atoms with van der Waals surface area (Å²) >= 11 is 3.41. The van der Waals surface area contributed by atoms with E-state index in [4.69, 9.17) is 4.74 Å². The van der Waals surface area contributed by atoms with Crippen molar-refractivity contribution in [3.63, 3.8) is 0 Å². The molecule has 0 spiro atoms. The van der Waals surface area contributed by atoms with Gasteiger partial charge in [-0.05, 0) is 73.4 Å². The molecule has 0 fully saturated rings. The van der Waals surface area contributed by atoms with Gasteiger partial charge < -0.3 is 15.4 Å². The minimum absolute atomic E-state index is 0.107. The SMILES string of the molecule is CCOC(=O)c1ccc(NC(=O)c2c(NCc3cccs3)sc3c2CCC(C)C3)cc1. The number of nitrogens with one attached hydrogen (secondary N) is 2. The van der Waals surface area contributed by atoms with Gasteiger partial charge in [-0.2, -0.15) is 0 Å². The van der Waals surface area contributed by atoms with Crippen LogP contribution in [0, 0.1) is 5.92 Å². The Labute approximate surface area is 190 Å². The standard InChI is InChI=1S/C24H26N2O3S2/c1-3-29-24(28)16-7-9-17(10-8-16)26-22(27)21-19-11-6-15(2)13-20(19)31-23(21)25-14-18-5-4-12-30-18/h4-5,7-10,12,15,25H,3,6,11,13-14H2,1-2H3,(H,26,27). The Balaban J connectivity index is 1.55. The molecule has 31 heavy (non-hydrogen) atoms. The van der Waals surface area contributed by atoms with Crippen molar-refractivity contribution in [2.45, 2.75) is 39.7 Å². The summed E-state index contributed by atoms with van der Waals surface area (Å²) in [6.45, 7) is 5.09. The average molecular weight is 455 g/mol. The molecule has 0 radical (unpaired) electrons. The van der Waals surface area contributed by atoms with Gasteiger partial charge in [-0.1, -0.05) is 13.0 Å². The number of carbonyl (C=O) groups excluding carboxylic acids is 2. The molecular weight excluding hydrogens is 428 g/mol. The topological polar surface area (TPSA) is 67.4 Å². The van der Waals surface area contributed by atoms with Crippen molar-refractivity contribution >= 4 is 45.2 Å². The van der Waals surface area contributed by atoms with Gasteiger partial charge in [-0.3, -0.25) is 4.79 Å². The zero-order chi connectivity index (χ0) is 21.8. The van der Waals surface area contributed by atoms with E-state index in [0.717, 1.165) is 29.8 Å². The summed E-state index contributed by atoms with van der Waals surface area (Å²) in [6, 6.07) is 11.0. The molecule has 7 heteroatoms. The minimum Gasteiger partial charge on any atom is -0.462 e. The Morgan fingerprint density at radius 2 is 2.00 bits per heavy atom. The predicted octanol–water partition coefficient (Wildman–Crippen LogP) is 5.98.